The minimum absolute atomic E-state index is 0.0534. The molecule has 0 amide bonds. The van der Waals surface area contributed by atoms with Crippen molar-refractivity contribution >= 4 is 0 Å². The van der Waals surface area contributed by atoms with Crippen LogP contribution in [0.2, 0.25) is 0 Å². The van der Waals surface area contributed by atoms with Crippen LogP contribution in [-0.4, -0.2) is 36.7 Å². The first kappa shape index (κ1) is 15.4. The second-order valence-corrected chi connectivity index (χ2v) is 6.49. The van der Waals surface area contributed by atoms with Gasteiger partial charge in [0.2, 0.25) is 0 Å². The first-order valence-electron chi connectivity index (χ1n) is 7.21. The molecule has 1 heterocycles. The van der Waals surface area contributed by atoms with Gasteiger partial charge in [-0.1, -0.05) is 12.1 Å². The van der Waals surface area contributed by atoms with Crippen LogP contribution >= 0.6 is 0 Å². The van der Waals surface area contributed by atoms with Gasteiger partial charge < -0.3 is 15.4 Å². The van der Waals surface area contributed by atoms with E-state index in [-0.39, 0.29) is 17.5 Å². The van der Waals surface area contributed by atoms with E-state index in [1.54, 1.807) is 0 Å². The summed E-state index contributed by atoms with van der Waals surface area (Å²) >= 11 is 0. The normalized spacial score (nSPS) is 24.1. The molecule has 2 rings (SSSR count). The van der Waals surface area contributed by atoms with Crippen LogP contribution in [0, 0.1) is 5.82 Å². The van der Waals surface area contributed by atoms with Crippen molar-refractivity contribution in [2.45, 2.75) is 44.4 Å². The van der Waals surface area contributed by atoms with Crippen molar-refractivity contribution in [3.8, 4) is 0 Å². The van der Waals surface area contributed by atoms with Gasteiger partial charge >= 0.3 is 0 Å². The molecule has 0 spiro atoms. The maximum absolute atomic E-state index is 13.0. The minimum Gasteiger partial charge on any atom is -0.373 e. The molecule has 1 aliphatic heterocycles. The molecule has 1 saturated heterocycles. The molecular weight excluding hydrogens is 255 g/mol. The van der Waals surface area contributed by atoms with Gasteiger partial charge in [-0.25, -0.2) is 4.39 Å². The number of benzene rings is 1. The number of ether oxygens (including phenoxy) is 1. The third-order valence-electron chi connectivity index (χ3n) is 3.78. The first-order valence-corrected chi connectivity index (χ1v) is 7.21. The number of halogens is 1. The maximum Gasteiger partial charge on any atom is 0.123 e. The molecule has 2 N–H and O–H groups in total. The van der Waals surface area contributed by atoms with E-state index in [4.69, 9.17) is 10.5 Å². The largest absolute Gasteiger partial charge is 0.373 e. The number of nitrogens with two attached hydrogens (primary N) is 1. The highest BCUT2D eigenvalue weighted by molar-refractivity contribution is 5.19. The van der Waals surface area contributed by atoms with Crippen molar-refractivity contribution < 1.29 is 9.13 Å². The smallest absolute Gasteiger partial charge is 0.123 e. The summed E-state index contributed by atoms with van der Waals surface area (Å²) in [5.41, 5.74) is 6.95. The summed E-state index contributed by atoms with van der Waals surface area (Å²) in [6.45, 7) is 5.68. The molecule has 112 valence electrons. The van der Waals surface area contributed by atoms with Gasteiger partial charge in [-0.15, -0.1) is 0 Å². The average Bonchev–Trinajstić information content (AvgIpc) is 2.38. The number of hydrogen-bond donors (Lipinski definition) is 1. The van der Waals surface area contributed by atoms with E-state index < -0.39 is 0 Å². The summed E-state index contributed by atoms with van der Waals surface area (Å²) in [5.74, 6) is -0.205. The first-order chi connectivity index (χ1) is 9.35. The van der Waals surface area contributed by atoms with Gasteiger partial charge in [0.15, 0.2) is 0 Å². The lowest BCUT2D eigenvalue weighted by Gasteiger charge is -2.38. The highest BCUT2D eigenvalue weighted by Crippen LogP contribution is 2.30. The van der Waals surface area contributed by atoms with Crippen LogP contribution < -0.4 is 5.73 Å². The van der Waals surface area contributed by atoms with E-state index >= 15 is 0 Å². The predicted octanol–water partition coefficient (Wildman–Crippen LogP) is 2.71. The van der Waals surface area contributed by atoms with Crippen LogP contribution in [0.5, 0.6) is 0 Å². The summed E-state index contributed by atoms with van der Waals surface area (Å²) in [4.78, 5) is 2.32. The zero-order valence-electron chi connectivity index (χ0n) is 12.6. The van der Waals surface area contributed by atoms with Crippen molar-refractivity contribution in [2.75, 3.05) is 20.2 Å². The Labute approximate surface area is 120 Å². The molecular formula is C16H25FN2O. The molecule has 0 saturated carbocycles. The van der Waals surface area contributed by atoms with Crippen LogP contribution in [-0.2, 0) is 4.74 Å². The molecule has 3 nitrogen and oxygen atoms in total. The van der Waals surface area contributed by atoms with Gasteiger partial charge in [0, 0.05) is 24.7 Å². The van der Waals surface area contributed by atoms with Gasteiger partial charge in [0.25, 0.3) is 0 Å². The van der Waals surface area contributed by atoms with Gasteiger partial charge in [0.1, 0.15) is 5.82 Å². The lowest BCUT2D eigenvalue weighted by atomic mass is 9.95. The summed E-state index contributed by atoms with van der Waals surface area (Å²) in [5, 5.41) is 0. The summed E-state index contributed by atoms with van der Waals surface area (Å²) in [6, 6.07) is 7.08. The third-order valence-corrected chi connectivity index (χ3v) is 3.78. The lowest BCUT2D eigenvalue weighted by Crippen LogP contribution is -2.48. The minimum atomic E-state index is -0.205. The molecule has 1 aromatic rings. The van der Waals surface area contributed by atoms with E-state index in [2.05, 4.69) is 11.9 Å². The van der Waals surface area contributed by atoms with Crippen LogP contribution in [0.25, 0.3) is 0 Å². The van der Waals surface area contributed by atoms with Crippen molar-refractivity contribution in [1.29, 1.82) is 0 Å². The van der Waals surface area contributed by atoms with Crippen molar-refractivity contribution in [3.63, 3.8) is 0 Å². The fourth-order valence-corrected chi connectivity index (χ4v) is 2.86. The second-order valence-electron chi connectivity index (χ2n) is 6.49. The Kier molecular flexibility index (Phi) is 4.78. The molecule has 0 aromatic heterocycles. The molecule has 0 bridgehead atoms. The number of nitrogens with zero attached hydrogens (tertiary/aromatic N) is 1. The molecule has 20 heavy (non-hydrogen) atoms. The second kappa shape index (κ2) is 6.20. The third kappa shape index (κ3) is 4.27. The molecule has 2 atom stereocenters. The number of likely N-dealkylation sites (N-methyl/N-ethyl adjacent to an activating group) is 1. The number of hydrogen-bond acceptors (Lipinski definition) is 3. The van der Waals surface area contributed by atoms with Gasteiger partial charge in [-0.3, -0.25) is 0 Å². The highest BCUT2D eigenvalue weighted by atomic mass is 19.1. The van der Waals surface area contributed by atoms with Gasteiger partial charge in [-0.05, 0) is 51.4 Å². The Bertz CT molecular complexity index is 427. The van der Waals surface area contributed by atoms with E-state index in [9.17, 15) is 4.39 Å². The molecule has 2 unspecified atom stereocenters. The summed E-state index contributed by atoms with van der Waals surface area (Å²) < 4.78 is 18.8. The Morgan fingerprint density at radius 3 is 2.60 bits per heavy atom. The van der Waals surface area contributed by atoms with Gasteiger partial charge in [-0.2, -0.15) is 0 Å². The highest BCUT2D eigenvalue weighted by Gasteiger charge is 2.28. The molecule has 1 fully saturated rings. The molecule has 1 aliphatic rings. The fourth-order valence-electron chi connectivity index (χ4n) is 2.86. The van der Waals surface area contributed by atoms with Crippen molar-refractivity contribution in [1.82, 2.24) is 4.90 Å². The zero-order chi connectivity index (χ0) is 14.8. The zero-order valence-corrected chi connectivity index (χ0v) is 12.6. The van der Waals surface area contributed by atoms with Crippen molar-refractivity contribution in [3.05, 3.63) is 35.6 Å². The topological polar surface area (TPSA) is 38.5 Å². The van der Waals surface area contributed by atoms with Crippen LogP contribution in [0.1, 0.15) is 38.4 Å². The van der Waals surface area contributed by atoms with Crippen molar-refractivity contribution in [2.24, 2.45) is 5.73 Å². The van der Waals surface area contributed by atoms with E-state index in [0.717, 1.165) is 31.6 Å². The van der Waals surface area contributed by atoms with Crippen LogP contribution in [0.3, 0.4) is 0 Å². The quantitative estimate of drug-likeness (QED) is 0.921. The monoisotopic (exact) mass is 280 g/mol. The van der Waals surface area contributed by atoms with Crippen LogP contribution in [0.4, 0.5) is 4.39 Å². The standard InChI is InChI=1S/C16H25FN2O/c1-16(2,18)11-19(3)14-8-9-20-15(10-14)12-4-6-13(17)7-5-12/h4-7,14-15H,8-11,18H2,1-3H3. The predicted molar refractivity (Wildman–Crippen MR) is 79.0 cm³/mol. The molecule has 1 aromatic carbocycles. The van der Waals surface area contributed by atoms with Gasteiger partial charge in [0.05, 0.1) is 6.10 Å². The van der Waals surface area contributed by atoms with E-state index in [1.807, 2.05) is 26.0 Å². The average molecular weight is 280 g/mol. The summed E-state index contributed by atoms with van der Waals surface area (Å²) in [7, 11) is 2.12. The summed E-state index contributed by atoms with van der Waals surface area (Å²) in [6.07, 6.45) is 2.00. The number of rotatable bonds is 4. The Morgan fingerprint density at radius 2 is 2.00 bits per heavy atom. The Balaban J connectivity index is 1.99. The fraction of sp³-hybridized carbons (Fsp3) is 0.625. The lowest BCUT2D eigenvalue weighted by molar-refractivity contribution is -0.0260. The Morgan fingerprint density at radius 1 is 1.35 bits per heavy atom. The molecule has 4 heteroatoms. The SMILES string of the molecule is CN(CC(C)(C)N)C1CCOC(c2ccc(F)cc2)C1. The molecule has 0 aliphatic carbocycles. The van der Waals surface area contributed by atoms with E-state index in [0.29, 0.717) is 6.04 Å². The Hall–Kier alpha value is -0.970. The van der Waals surface area contributed by atoms with E-state index in [1.165, 1.54) is 12.1 Å². The molecule has 0 radical (unpaired) electrons. The van der Waals surface area contributed by atoms with Crippen LogP contribution in [0.15, 0.2) is 24.3 Å². The maximum atomic E-state index is 13.0.